The Balaban J connectivity index is 1.71. The van der Waals surface area contributed by atoms with Crippen LogP contribution in [0.1, 0.15) is 35.7 Å². The molecule has 30 heavy (non-hydrogen) atoms. The lowest BCUT2D eigenvalue weighted by atomic mass is 10.0. The highest BCUT2D eigenvalue weighted by Gasteiger charge is 2.18. The van der Waals surface area contributed by atoms with Crippen LogP contribution in [0.4, 0.5) is 0 Å². The van der Waals surface area contributed by atoms with E-state index < -0.39 is 0 Å². The van der Waals surface area contributed by atoms with Gasteiger partial charge in [-0.3, -0.25) is 4.79 Å². The van der Waals surface area contributed by atoms with Crippen molar-refractivity contribution >= 4 is 17.5 Å². The molecule has 0 aliphatic rings. The molecular formula is C22H24N2O5S. The summed E-state index contributed by atoms with van der Waals surface area (Å²) < 4.78 is 21.7. The van der Waals surface area contributed by atoms with Gasteiger partial charge in [0.1, 0.15) is 0 Å². The van der Waals surface area contributed by atoms with Gasteiger partial charge in [-0.15, -0.1) is 10.2 Å². The van der Waals surface area contributed by atoms with Gasteiger partial charge in [-0.2, -0.15) is 0 Å². The lowest BCUT2D eigenvalue weighted by Gasteiger charge is -2.12. The highest BCUT2D eigenvalue weighted by molar-refractivity contribution is 7.99. The molecule has 1 heterocycles. The van der Waals surface area contributed by atoms with E-state index in [1.165, 1.54) is 38.7 Å². The number of aromatic nitrogens is 2. The Morgan fingerprint density at radius 3 is 2.17 bits per heavy atom. The van der Waals surface area contributed by atoms with Crippen molar-refractivity contribution < 1.29 is 23.4 Å². The first kappa shape index (κ1) is 21.7. The number of ether oxygens (including phenoxy) is 3. The molecule has 3 rings (SSSR count). The number of Topliss-reactive ketones (excluding diaryl/α,β-unsaturated/α-hetero) is 1. The average molecular weight is 429 g/mol. The van der Waals surface area contributed by atoms with E-state index >= 15 is 0 Å². The molecule has 0 aliphatic carbocycles. The number of benzene rings is 2. The van der Waals surface area contributed by atoms with Gasteiger partial charge in [-0.1, -0.05) is 49.9 Å². The molecule has 0 radical (unpaired) electrons. The van der Waals surface area contributed by atoms with Crippen LogP contribution in [-0.2, 0) is 0 Å². The third-order valence-corrected chi connectivity index (χ3v) is 5.36. The van der Waals surface area contributed by atoms with Crippen molar-refractivity contribution in [1.29, 1.82) is 0 Å². The van der Waals surface area contributed by atoms with Gasteiger partial charge in [-0.25, -0.2) is 0 Å². The third kappa shape index (κ3) is 4.76. The fourth-order valence-electron chi connectivity index (χ4n) is 2.85. The molecule has 1 aromatic heterocycles. The maximum Gasteiger partial charge on any atom is 0.277 e. The van der Waals surface area contributed by atoms with E-state index in [9.17, 15) is 4.79 Å². The number of hydrogen-bond donors (Lipinski definition) is 0. The second-order valence-electron chi connectivity index (χ2n) is 6.78. The molecule has 0 unspecified atom stereocenters. The summed E-state index contributed by atoms with van der Waals surface area (Å²) in [6.45, 7) is 4.24. The van der Waals surface area contributed by atoms with Crippen molar-refractivity contribution in [2.75, 3.05) is 27.1 Å². The predicted molar refractivity (Wildman–Crippen MR) is 115 cm³/mol. The number of ketones is 1. The molecule has 0 fully saturated rings. The molecule has 158 valence electrons. The summed E-state index contributed by atoms with van der Waals surface area (Å²) in [6.07, 6.45) is 0. The molecule has 0 atom stereocenters. The fourth-order valence-corrected chi connectivity index (χ4v) is 3.51. The van der Waals surface area contributed by atoms with Gasteiger partial charge >= 0.3 is 0 Å². The number of methoxy groups -OCH3 is 3. The van der Waals surface area contributed by atoms with Crippen LogP contribution >= 0.6 is 11.8 Å². The zero-order valence-electron chi connectivity index (χ0n) is 17.6. The molecule has 0 saturated heterocycles. The number of carbonyl (C=O) groups excluding carboxylic acids is 1. The predicted octanol–water partition coefficient (Wildman–Crippen LogP) is 4.86. The summed E-state index contributed by atoms with van der Waals surface area (Å²) in [5.74, 6) is 2.38. The van der Waals surface area contributed by atoms with E-state index in [2.05, 4.69) is 24.0 Å². The van der Waals surface area contributed by atoms with E-state index in [-0.39, 0.29) is 11.5 Å². The summed E-state index contributed by atoms with van der Waals surface area (Å²) in [4.78, 5) is 12.5. The Morgan fingerprint density at radius 1 is 1.00 bits per heavy atom. The van der Waals surface area contributed by atoms with E-state index in [1.807, 2.05) is 24.3 Å². The Labute approximate surface area is 179 Å². The first-order chi connectivity index (χ1) is 14.5. The van der Waals surface area contributed by atoms with Crippen molar-refractivity contribution in [3.63, 3.8) is 0 Å². The third-order valence-electron chi connectivity index (χ3n) is 4.54. The van der Waals surface area contributed by atoms with Crippen LogP contribution in [0.2, 0.25) is 0 Å². The molecule has 0 saturated carbocycles. The van der Waals surface area contributed by atoms with E-state index in [4.69, 9.17) is 18.6 Å². The average Bonchev–Trinajstić information content (AvgIpc) is 3.25. The van der Waals surface area contributed by atoms with Crippen molar-refractivity contribution in [2.45, 2.75) is 25.0 Å². The second kappa shape index (κ2) is 9.67. The van der Waals surface area contributed by atoms with E-state index in [1.54, 1.807) is 12.1 Å². The zero-order valence-corrected chi connectivity index (χ0v) is 18.4. The first-order valence-corrected chi connectivity index (χ1v) is 10.3. The molecule has 0 spiro atoms. The Kier molecular flexibility index (Phi) is 6.99. The van der Waals surface area contributed by atoms with Crippen LogP contribution in [0, 0.1) is 0 Å². The molecule has 3 aromatic rings. The number of hydrogen-bond acceptors (Lipinski definition) is 8. The normalized spacial score (nSPS) is 10.9. The Bertz CT molecular complexity index is 990. The number of thioether (sulfide) groups is 1. The van der Waals surface area contributed by atoms with E-state index in [0.717, 1.165) is 0 Å². The smallest absolute Gasteiger partial charge is 0.277 e. The molecule has 2 aromatic carbocycles. The highest BCUT2D eigenvalue weighted by Crippen LogP contribution is 2.41. The topological polar surface area (TPSA) is 83.7 Å². The maximum atomic E-state index is 12.5. The Morgan fingerprint density at radius 2 is 1.63 bits per heavy atom. The maximum absolute atomic E-state index is 12.5. The van der Waals surface area contributed by atoms with Gasteiger partial charge in [-0.05, 0) is 23.6 Å². The monoisotopic (exact) mass is 428 g/mol. The lowest BCUT2D eigenvalue weighted by molar-refractivity contribution is 0.102. The van der Waals surface area contributed by atoms with Crippen molar-refractivity contribution in [3.05, 3.63) is 47.5 Å². The van der Waals surface area contributed by atoms with Crippen LogP contribution < -0.4 is 14.2 Å². The van der Waals surface area contributed by atoms with Gasteiger partial charge in [0.05, 0.1) is 27.1 Å². The zero-order chi connectivity index (χ0) is 21.7. The highest BCUT2D eigenvalue weighted by atomic mass is 32.2. The SMILES string of the molecule is COc1cc(-c2nnc(SCC(=O)c3ccc(C(C)C)cc3)o2)cc(OC)c1OC. The first-order valence-electron chi connectivity index (χ1n) is 9.36. The summed E-state index contributed by atoms with van der Waals surface area (Å²) in [7, 11) is 4.61. The lowest BCUT2D eigenvalue weighted by Crippen LogP contribution is -2.02. The molecule has 8 heteroatoms. The second-order valence-corrected chi connectivity index (χ2v) is 7.70. The summed E-state index contributed by atoms with van der Waals surface area (Å²) in [6, 6.07) is 11.1. The van der Waals surface area contributed by atoms with Crippen molar-refractivity contribution in [1.82, 2.24) is 10.2 Å². The van der Waals surface area contributed by atoms with Crippen LogP contribution in [-0.4, -0.2) is 43.1 Å². The van der Waals surface area contributed by atoms with Gasteiger partial charge in [0.15, 0.2) is 17.3 Å². The van der Waals surface area contributed by atoms with Gasteiger partial charge in [0.25, 0.3) is 5.22 Å². The van der Waals surface area contributed by atoms with Gasteiger partial charge in [0.2, 0.25) is 11.6 Å². The molecular weight excluding hydrogens is 404 g/mol. The van der Waals surface area contributed by atoms with Gasteiger partial charge in [0, 0.05) is 11.1 Å². The molecule has 0 aliphatic heterocycles. The molecule has 7 nitrogen and oxygen atoms in total. The molecule has 0 amide bonds. The van der Waals surface area contributed by atoms with Crippen LogP contribution in [0.15, 0.2) is 46.0 Å². The van der Waals surface area contributed by atoms with Crippen LogP contribution in [0.3, 0.4) is 0 Å². The number of nitrogens with zero attached hydrogens (tertiary/aromatic N) is 2. The quantitative estimate of drug-likeness (QED) is 0.353. The summed E-state index contributed by atoms with van der Waals surface area (Å²) in [5.41, 5.74) is 2.49. The number of rotatable bonds is 9. The van der Waals surface area contributed by atoms with Crippen LogP contribution in [0.25, 0.3) is 11.5 Å². The van der Waals surface area contributed by atoms with Crippen molar-refractivity contribution in [2.24, 2.45) is 0 Å². The summed E-state index contributed by atoms with van der Waals surface area (Å²) >= 11 is 1.20. The fraction of sp³-hybridized carbons (Fsp3) is 0.318. The number of carbonyl (C=O) groups is 1. The largest absolute Gasteiger partial charge is 0.493 e. The van der Waals surface area contributed by atoms with Crippen LogP contribution in [0.5, 0.6) is 17.2 Å². The standard InChI is InChI=1S/C22H24N2O5S/c1-13(2)14-6-8-15(9-7-14)17(25)12-30-22-24-23-21(29-22)16-10-18(26-3)20(28-5)19(11-16)27-4/h6-11,13H,12H2,1-5H3. The minimum absolute atomic E-state index is 0.00263. The van der Waals surface area contributed by atoms with Crippen molar-refractivity contribution in [3.8, 4) is 28.7 Å². The van der Waals surface area contributed by atoms with Gasteiger partial charge < -0.3 is 18.6 Å². The molecule has 0 bridgehead atoms. The minimum atomic E-state index is 0.00263. The molecule has 0 N–H and O–H groups in total. The summed E-state index contributed by atoms with van der Waals surface area (Å²) in [5, 5.41) is 8.42. The minimum Gasteiger partial charge on any atom is -0.493 e. The Hall–Kier alpha value is -3.00. The van der Waals surface area contributed by atoms with E-state index in [0.29, 0.717) is 45.4 Å².